The van der Waals surface area contributed by atoms with Crippen LogP contribution in [-0.4, -0.2) is 25.9 Å². The van der Waals surface area contributed by atoms with Crippen molar-refractivity contribution < 1.29 is 9.47 Å². The van der Waals surface area contributed by atoms with Gasteiger partial charge < -0.3 is 14.8 Å². The maximum Gasteiger partial charge on any atom is 0.126 e. The molecular weight excluding hydrogens is 318 g/mol. The maximum absolute atomic E-state index is 5.98. The lowest BCUT2D eigenvalue weighted by Gasteiger charge is -2.15. The lowest BCUT2D eigenvalue weighted by molar-refractivity contribution is 0.130. The van der Waals surface area contributed by atoms with Crippen LogP contribution in [0, 0.1) is 6.92 Å². The number of nitrogens with one attached hydrogen (secondary N) is 1. The fourth-order valence-corrected chi connectivity index (χ4v) is 2.78. The van der Waals surface area contributed by atoms with Crippen LogP contribution in [0.15, 0.2) is 16.6 Å². The van der Waals surface area contributed by atoms with Crippen LogP contribution in [0.5, 0.6) is 5.75 Å². The topological polar surface area (TPSA) is 30.5 Å². The zero-order chi connectivity index (χ0) is 14.4. The van der Waals surface area contributed by atoms with Crippen molar-refractivity contribution in [2.24, 2.45) is 0 Å². The Labute approximate surface area is 130 Å². The van der Waals surface area contributed by atoms with Gasteiger partial charge in [-0.1, -0.05) is 15.9 Å². The van der Waals surface area contributed by atoms with Gasteiger partial charge in [0.05, 0.1) is 6.61 Å². The number of hydrogen-bond acceptors (Lipinski definition) is 3. The maximum atomic E-state index is 5.98. The third-order valence-corrected chi connectivity index (χ3v) is 3.82. The molecule has 1 aliphatic rings. The first-order valence-corrected chi connectivity index (χ1v) is 8.23. The molecule has 20 heavy (non-hydrogen) atoms. The van der Waals surface area contributed by atoms with Crippen molar-refractivity contribution in [3.05, 3.63) is 27.7 Å². The molecule has 0 unspecified atom stereocenters. The highest BCUT2D eigenvalue weighted by Crippen LogP contribution is 2.29. The van der Waals surface area contributed by atoms with E-state index in [1.807, 2.05) is 6.92 Å². The van der Waals surface area contributed by atoms with E-state index in [4.69, 9.17) is 9.47 Å². The zero-order valence-corrected chi connectivity index (χ0v) is 14.0. The van der Waals surface area contributed by atoms with E-state index in [9.17, 15) is 0 Å². The Hall–Kier alpha value is -0.580. The average molecular weight is 342 g/mol. The Morgan fingerprint density at radius 3 is 2.80 bits per heavy atom. The number of rotatable bonds is 9. The predicted molar refractivity (Wildman–Crippen MR) is 85.3 cm³/mol. The van der Waals surface area contributed by atoms with E-state index >= 15 is 0 Å². The van der Waals surface area contributed by atoms with Gasteiger partial charge in [-0.15, -0.1) is 0 Å². The summed E-state index contributed by atoms with van der Waals surface area (Å²) in [5, 5.41) is 3.55. The first-order valence-electron chi connectivity index (χ1n) is 7.43. The van der Waals surface area contributed by atoms with E-state index < -0.39 is 0 Å². The van der Waals surface area contributed by atoms with Crippen LogP contribution in [0.3, 0.4) is 0 Å². The molecule has 1 aromatic carbocycles. The molecule has 1 aromatic rings. The van der Waals surface area contributed by atoms with Gasteiger partial charge in [0.25, 0.3) is 0 Å². The molecule has 4 heteroatoms. The Bertz CT molecular complexity index is 433. The summed E-state index contributed by atoms with van der Waals surface area (Å²) in [6.07, 6.45) is 3.54. The van der Waals surface area contributed by atoms with Crippen molar-refractivity contribution in [1.29, 1.82) is 0 Å². The number of benzene rings is 1. The van der Waals surface area contributed by atoms with Crippen molar-refractivity contribution >= 4 is 15.9 Å². The fraction of sp³-hybridized carbons (Fsp3) is 0.625. The van der Waals surface area contributed by atoms with Gasteiger partial charge in [-0.3, -0.25) is 0 Å². The van der Waals surface area contributed by atoms with Crippen LogP contribution in [0.25, 0.3) is 0 Å². The molecular formula is C16H24BrNO2. The molecule has 3 nitrogen and oxygen atoms in total. The van der Waals surface area contributed by atoms with Crippen molar-refractivity contribution in [3.63, 3.8) is 0 Å². The van der Waals surface area contributed by atoms with Crippen molar-refractivity contribution in [1.82, 2.24) is 5.32 Å². The molecule has 0 amide bonds. The van der Waals surface area contributed by atoms with Crippen molar-refractivity contribution in [3.8, 4) is 5.75 Å². The van der Waals surface area contributed by atoms with Crippen LogP contribution in [0.4, 0.5) is 0 Å². The molecule has 1 aliphatic carbocycles. The van der Waals surface area contributed by atoms with Gasteiger partial charge in [-0.25, -0.2) is 0 Å². The molecule has 1 saturated carbocycles. The second-order valence-electron chi connectivity index (χ2n) is 5.27. The Balaban J connectivity index is 1.92. The van der Waals surface area contributed by atoms with E-state index in [1.165, 1.54) is 24.0 Å². The third-order valence-electron chi connectivity index (χ3n) is 3.36. The lowest BCUT2D eigenvalue weighted by atomic mass is 10.1. The van der Waals surface area contributed by atoms with Gasteiger partial charge in [0.2, 0.25) is 0 Å². The summed E-state index contributed by atoms with van der Waals surface area (Å²) in [7, 11) is 0. The zero-order valence-electron chi connectivity index (χ0n) is 12.4. The van der Waals surface area contributed by atoms with E-state index in [0.29, 0.717) is 12.6 Å². The van der Waals surface area contributed by atoms with E-state index in [-0.39, 0.29) is 0 Å². The molecule has 0 heterocycles. The van der Waals surface area contributed by atoms with Crippen LogP contribution < -0.4 is 10.1 Å². The van der Waals surface area contributed by atoms with Crippen LogP contribution in [-0.2, 0) is 11.3 Å². The summed E-state index contributed by atoms with van der Waals surface area (Å²) in [4.78, 5) is 0. The highest BCUT2D eigenvalue weighted by atomic mass is 79.9. The fourth-order valence-electron chi connectivity index (χ4n) is 2.16. The average Bonchev–Trinajstić information content (AvgIpc) is 3.22. The molecule has 1 fully saturated rings. The molecule has 0 atom stereocenters. The quantitative estimate of drug-likeness (QED) is 0.692. The van der Waals surface area contributed by atoms with Gasteiger partial charge in [0.15, 0.2) is 0 Å². The number of aryl methyl sites for hydroxylation is 1. The minimum atomic E-state index is 0.707. The summed E-state index contributed by atoms with van der Waals surface area (Å²) < 4.78 is 12.4. The molecule has 1 N–H and O–H groups in total. The SMILES string of the molecule is CCOCCCOc1c(C)cc(Br)cc1CNC1CC1. The highest BCUT2D eigenvalue weighted by Gasteiger charge is 2.21. The first-order chi connectivity index (χ1) is 9.70. The van der Waals surface area contributed by atoms with Crippen LogP contribution in [0.2, 0.25) is 0 Å². The Morgan fingerprint density at radius 1 is 1.30 bits per heavy atom. The second kappa shape index (κ2) is 8.01. The van der Waals surface area contributed by atoms with Crippen LogP contribution in [0.1, 0.15) is 37.3 Å². The normalized spacial score (nSPS) is 14.6. The van der Waals surface area contributed by atoms with Gasteiger partial charge in [0.1, 0.15) is 5.75 Å². The standard InChI is InChI=1S/C16H24BrNO2/c1-3-19-7-4-8-20-16-12(2)9-14(17)10-13(16)11-18-15-5-6-15/h9-10,15,18H,3-8,11H2,1-2H3. The van der Waals surface area contributed by atoms with Gasteiger partial charge in [-0.2, -0.15) is 0 Å². The van der Waals surface area contributed by atoms with E-state index in [1.54, 1.807) is 0 Å². The molecule has 0 spiro atoms. The number of ether oxygens (including phenoxy) is 2. The lowest BCUT2D eigenvalue weighted by Crippen LogP contribution is -2.16. The summed E-state index contributed by atoms with van der Waals surface area (Å²) in [6.45, 7) is 7.24. The van der Waals surface area contributed by atoms with Crippen LogP contribution >= 0.6 is 15.9 Å². The van der Waals surface area contributed by atoms with Crippen molar-refractivity contribution in [2.45, 2.75) is 45.7 Å². The smallest absolute Gasteiger partial charge is 0.126 e. The minimum Gasteiger partial charge on any atom is -0.493 e. The molecule has 0 radical (unpaired) electrons. The number of halogens is 1. The predicted octanol–water partition coefficient (Wildman–Crippen LogP) is 3.81. The highest BCUT2D eigenvalue weighted by molar-refractivity contribution is 9.10. The molecule has 0 aliphatic heterocycles. The summed E-state index contributed by atoms with van der Waals surface area (Å²) in [6, 6.07) is 4.97. The Kier molecular flexibility index (Phi) is 6.33. The summed E-state index contributed by atoms with van der Waals surface area (Å²) >= 11 is 3.57. The van der Waals surface area contributed by atoms with Crippen molar-refractivity contribution in [2.75, 3.05) is 19.8 Å². The number of hydrogen-bond donors (Lipinski definition) is 1. The van der Waals surface area contributed by atoms with E-state index in [2.05, 4.69) is 40.3 Å². The Morgan fingerprint density at radius 2 is 2.10 bits per heavy atom. The van der Waals surface area contributed by atoms with Gasteiger partial charge >= 0.3 is 0 Å². The summed E-state index contributed by atoms with van der Waals surface area (Å²) in [5.74, 6) is 1.03. The molecule has 2 rings (SSSR count). The molecule has 0 bridgehead atoms. The first kappa shape index (κ1) is 15.8. The van der Waals surface area contributed by atoms with Gasteiger partial charge in [0, 0.05) is 42.3 Å². The van der Waals surface area contributed by atoms with Gasteiger partial charge in [-0.05, 0) is 44.4 Å². The molecule has 0 saturated heterocycles. The summed E-state index contributed by atoms with van der Waals surface area (Å²) in [5.41, 5.74) is 2.42. The minimum absolute atomic E-state index is 0.707. The monoisotopic (exact) mass is 341 g/mol. The largest absolute Gasteiger partial charge is 0.493 e. The van der Waals surface area contributed by atoms with E-state index in [0.717, 1.165) is 36.4 Å². The molecule has 0 aromatic heterocycles. The third kappa shape index (κ3) is 5.08. The molecule has 112 valence electrons. The second-order valence-corrected chi connectivity index (χ2v) is 6.18.